The first kappa shape index (κ1) is 10.8. The summed E-state index contributed by atoms with van der Waals surface area (Å²) in [6.07, 6.45) is 4.88. The first-order chi connectivity index (χ1) is 8.22. The van der Waals surface area contributed by atoms with Crippen molar-refractivity contribution in [2.45, 2.75) is 44.8 Å². The summed E-state index contributed by atoms with van der Waals surface area (Å²) in [5.41, 5.74) is 1.15. The van der Waals surface area contributed by atoms with Gasteiger partial charge in [-0.25, -0.2) is 4.98 Å². The zero-order chi connectivity index (χ0) is 11.8. The molecule has 2 saturated heterocycles. The lowest BCUT2D eigenvalue weighted by Gasteiger charge is -2.26. The fraction of sp³-hybridized carbons (Fsp3) is 0.667. The third kappa shape index (κ3) is 2.07. The lowest BCUT2D eigenvalue weighted by atomic mass is 10.1. The van der Waals surface area contributed by atoms with E-state index in [1.54, 1.807) is 0 Å². The molecule has 92 valence electrons. The van der Waals surface area contributed by atoms with E-state index in [-0.39, 0.29) is 5.91 Å². The number of nitrogens with zero attached hydrogens (tertiary/aromatic N) is 2. The SMILES string of the molecule is Cc1ncc(CN2[C@@H]3CC[C@H]2CNC(=O)C3)[nH]1. The van der Waals surface area contributed by atoms with Crippen molar-refractivity contribution in [3.05, 3.63) is 17.7 Å². The Hall–Kier alpha value is -1.36. The normalized spacial score (nSPS) is 29.1. The van der Waals surface area contributed by atoms with E-state index in [1.165, 1.54) is 6.42 Å². The maximum absolute atomic E-state index is 11.5. The number of rotatable bonds is 2. The highest BCUT2D eigenvalue weighted by molar-refractivity contribution is 5.77. The molecule has 2 aliphatic heterocycles. The molecule has 0 aliphatic carbocycles. The predicted molar refractivity (Wildman–Crippen MR) is 63.3 cm³/mol. The van der Waals surface area contributed by atoms with E-state index in [9.17, 15) is 4.79 Å². The number of aryl methyl sites for hydroxylation is 1. The van der Waals surface area contributed by atoms with Crippen molar-refractivity contribution in [1.82, 2.24) is 20.2 Å². The number of hydrogen-bond donors (Lipinski definition) is 2. The molecule has 5 nitrogen and oxygen atoms in total. The topological polar surface area (TPSA) is 61.0 Å². The van der Waals surface area contributed by atoms with E-state index in [4.69, 9.17) is 0 Å². The lowest BCUT2D eigenvalue weighted by Crippen LogP contribution is -2.37. The summed E-state index contributed by atoms with van der Waals surface area (Å²) in [5.74, 6) is 1.15. The summed E-state index contributed by atoms with van der Waals surface area (Å²) in [7, 11) is 0. The number of amides is 1. The Balaban J connectivity index is 1.76. The number of fused-ring (bicyclic) bond motifs is 2. The van der Waals surface area contributed by atoms with Crippen LogP contribution in [0.1, 0.15) is 30.8 Å². The molecule has 2 bridgehead atoms. The minimum Gasteiger partial charge on any atom is -0.354 e. The molecular formula is C12H18N4O. The minimum atomic E-state index is 0.197. The average molecular weight is 234 g/mol. The Bertz CT molecular complexity index is 428. The number of carbonyl (C=O) groups excluding carboxylic acids is 1. The van der Waals surface area contributed by atoms with Crippen molar-refractivity contribution in [3.63, 3.8) is 0 Å². The molecule has 0 spiro atoms. The van der Waals surface area contributed by atoms with Crippen LogP contribution in [-0.2, 0) is 11.3 Å². The minimum absolute atomic E-state index is 0.197. The monoisotopic (exact) mass is 234 g/mol. The number of imidazole rings is 1. The van der Waals surface area contributed by atoms with Gasteiger partial charge in [-0.05, 0) is 19.8 Å². The van der Waals surface area contributed by atoms with Crippen LogP contribution in [0.15, 0.2) is 6.20 Å². The summed E-state index contributed by atoms with van der Waals surface area (Å²) in [5, 5.41) is 2.99. The molecule has 1 aromatic heterocycles. The first-order valence-corrected chi connectivity index (χ1v) is 6.25. The van der Waals surface area contributed by atoms with Gasteiger partial charge in [0.15, 0.2) is 0 Å². The van der Waals surface area contributed by atoms with Crippen LogP contribution < -0.4 is 5.32 Å². The number of aromatic amines is 1. The fourth-order valence-electron chi connectivity index (χ4n) is 2.98. The molecule has 3 heterocycles. The summed E-state index contributed by atoms with van der Waals surface area (Å²) >= 11 is 0. The van der Waals surface area contributed by atoms with Crippen molar-refractivity contribution in [2.24, 2.45) is 0 Å². The van der Waals surface area contributed by atoms with E-state index in [0.717, 1.165) is 31.0 Å². The van der Waals surface area contributed by atoms with E-state index < -0.39 is 0 Å². The molecule has 5 heteroatoms. The van der Waals surface area contributed by atoms with Crippen LogP contribution in [-0.4, -0.2) is 39.4 Å². The zero-order valence-corrected chi connectivity index (χ0v) is 10.1. The maximum Gasteiger partial charge on any atom is 0.221 e. The number of aromatic nitrogens is 2. The molecule has 3 rings (SSSR count). The average Bonchev–Trinajstić information content (AvgIpc) is 2.79. The van der Waals surface area contributed by atoms with Gasteiger partial charge in [-0.15, -0.1) is 0 Å². The summed E-state index contributed by atoms with van der Waals surface area (Å²) < 4.78 is 0. The first-order valence-electron chi connectivity index (χ1n) is 6.25. The number of nitrogens with one attached hydrogen (secondary N) is 2. The number of H-pyrrole nitrogens is 1. The van der Waals surface area contributed by atoms with Crippen LogP contribution in [0.3, 0.4) is 0 Å². The van der Waals surface area contributed by atoms with Gasteiger partial charge in [-0.2, -0.15) is 0 Å². The van der Waals surface area contributed by atoms with Gasteiger partial charge in [-0.3, -0.25) is 9.69 Å². The lowest BCUT2D eigenvalue weighted by molar-refractivity contribution is -0.121. The maximum atomic E-state index is 11.5. The summed E-state index contributed by atoms with van der Waals surface area (Å²) in [6.45, 7) is 3.64. The molecule has 0 radical (unpaired) electrons. The van der Waals surface area contributed by atoms with Crippen molar-refractivity contribution < 1.29 is 4.79 Å². The van der Waals surface area contributed by atoms with E-state index >= 15 is 0 Å². The Morgan fingerprint density at radius 2 is 2.29 bits per heavy atom. The third-order valence-electron chi connectivity index (χ3n) is 3.84. The standard InChI is InChI=1S/C12H18N4O/c1-8-13-5-9(15-8)7-16-10-2-3-11(16)6-14-12(17)4-10/h5,10-11H,2-4,6-7H2,1H3,(H,13,15)(H,14,17)/t10-,11+/m1/s1. The predicted octanol–water partition coefficient (Wildman–Crippen LogP) is 0.571. The molecule has 2 atom stereocenters. The molecule has 0 saturated carbocycles. The summed E-state index contributed by atoms with van der Waals surface area (Å²) in [4.78, 5) is 21.5. The molecule has 2 aliphatic rings. The third-order valence-corrected chi connectivity index (χ3v) is 3.84. The highest BCUT2D eigenvalue weighted by Crippen LogP contribution is 2.29. The molecular weight excluding hydrogens is 216 g/mol. The van der Waals surface area contributed by atoms with Gasteiger partial charge >= 0.3 is 0 Å². The molecule has 2 N–H and O–H groups in total. The van der Waals surface area contributed by atoms with Crippen LogP contribution in [0.5, 0.6) is 0 Å². The molecule has 0 unspecified atom stereocenters. The van der Waals surface area contributed by atoms with Crippen molar-refractivity contribution in [1.29, 1.82) is 0 Å². The van der Waals surface area contributed by atoms with Crippen molar-refractivity contribution >= 4 is 5.91 Å². The highest BCUT2D eigenvalue weighted by Gasteiger charge is 2.37. The van der Waals surface area contributed by atoms with Gasteiger partial charge in [0, 0.05) is 43.5 Å². The Labute approximate surface area is 101 Å². The second-order valence-electron chi connectivity index (χ2n) is 5.06. The quantitative estimate of drug-likeness (QED) is 0.786. The Morgan fingerprint density at radius 1 is 1.47 bits per heavy atom. The van der Waals surface area contributed by atoms with Gasteiger partial charge in [0.1, 0.15) is 5.82 Å². The van der Waals surface area contributed by atoms with E-state index in [2.05, 4.69) is 20.2 Å². The molecule has 0 aromatic carbocycles. The van der Waals surface area contributed by atoms with Crippen LogP contribution in [0.2, 0.25) is 0 Å². The zero-order valence-electron chi connectivity index (χ0n) is 10.1. The number of hydrogen-bond acceptors (Lipinski definition) is 3. The van der Waals surface area contributed by atoms with E-state index in [1.807, 2.05) is 13.1 Å². The largest absolute Gasteiger partial charge is 0.354 e. The van der Waals surface area contributed by atoms with Crippen molar-refractivity contribution in [3.8, 4) is 0 Å². The highest BCUT2D eigenvalue weighted by atomic mass is 16.1. The molecule has 1 aromatic rings. The second kappa shape index (κ2) is 4.14. The molecule has 2 fully saturated rings. The van der Waals surface area contributed by atoms with Gasteiger partial charge in [-0.1, -0.05) is 0 Å². The Kier molecular flexibility index (Phi) is 2.63. The van der Waals surface area contributed by atoms with Crippen LogP contribution in [0.4, 0.5) is 0 Å². The van der Waals surface area contributed by atoms with Gasteiger partial charge in [0.05, 0.1) is 0 Å². The van der Waals surface area contributed by atoms with Gasteiger partial charge < -0.3 is 10.3 Å². The van der Waals surface area contributed by atoms with Gasteiger partial charge in [0.2, 0.25) is 5.91 Å². The van der Waals surface area contributed by atoms with Crippen molar-refractivity contribution in [2.75, 3.05) is 6.54 Å². The molecule has 1 amide bonds. The second-order valence-corrected chi connectivity index (χ2v) is 5.06. The summed E-state index contributed by atoms with van der Waals surface area (Å²) in [6, 6.07) is 0.904. The fourth-order valence-corrected chi connectivity index (χ4v) is 2.98. The molecule has 17 heavy (non-hydrogen) atoms. The smallest absolute Gasteiger partial charge is 0.221 e. The number of carbonyl (C=O) groups is 1. The van der Waals surface area contributed by atoms with E-state index in [0.29, 0.717) is 18.5 Å². The van der Waals surface area contributed by atoms with Crippen LogP contribution >= 0.6 is 0 Å². The Morgan fingerprint density at radius 3 is 3.06 bits per heavy atom. The van der Waals surface area contributed by atoms with Crippen LogP contribution in [0.25, 0.3) is 0 Å². The van der Waals surface area contributed by atoms with Gasteiger partial charge in [0.25, 0.3) is 0 Å². The van der Waals surface area contributed by atoms with Crippen LogP contribution in [0, 0.1) is 6.92 Å².